The fraction of sp³-hybridized carbons (Fsp3) is 0.0769. The molecular formula is C13H12N4O3S. The van der Waals surface area contributed by atoms with E-state index in [9.17, 15) is 14.9 Å². The lowest BCUT2D eigenvalue weighted by atomic mass is 10.3. The van der Waals surface area contributed by atoms with Crippen molar-refractivity contribution in [2.45, 2.75) is 4.90 Å². The molecule has 3 N–H and O–H groups in total. The van der Waals surface area contributed by atoms with Crippen LogP contribution in [0.5, 0.6) is 0 Å². The highest BCUT2D eigenvalue weighted by molar-refractivity contribution is 8.00. The number of nitro groups is 1. The minimum absolute atomic E-state index is 0.118. The number of anilines is 2. The minimum Gasteiger partial charge on any atom is -0.369 e. The number of nitrogens with two attached hydrogens (primary N) is 1. The molecule has 0 aliphatic rings. The number of hydrogen-bond donors (Lipinski definition) is 2. The van der Waals surface area contributed by atoms with Gasteiger partial charge in [0.25, 0.3) is 0 Å². The summed E-state index contributed by atoms with van der Waals surface area (Å²) in [7, 11) is 0. The fourth-order valence-corrected chi connectivity index (χ4v) is 2.36. The van der Waals surface area contributed by atoms with Gasteiger partial charge in [0, 0.05) is 17.2 Å². The van der Waals surface area contributed by atoms with E-state index in [1.807, 2.05) is 0 Å². The minimum atomic E-state index is -0.505. The largest absolute Gasteiger partial charge is 0.369 e. The zero-order chi connectivity index (χ0) is 15.2. The number of rotatable bonds is 6. The Kier molecular flexibility index (Phi) is 4.72. The smallest absolute Gasteiger partial charge is 0.311 e. The summed E-state index contributed by atoms with van der Waals surface area (Å²) in [6.07, 6.45) is 1.47. The van der Waals surface area contributed by atoms with E-state index in [0.717, 1.165) is 4.90 Å². The van der Waals surface area contributed by atoms with Crippen molar-refractivity contribution in [1.82, 2.24) is 4.98 Å². The molecule has 0 saturated carbocycles. The molecule has 0 radical (unpaired) electrons. The molecule has 8 heteroatoms. The quantitative estimate of drug-likeness (QED) is 0.481. The average molecular weight is 304 g/mol. The SMILES string of the molecule is NC(=O)CSc1ccccc1Nc1ncccc1[N+](=O)[O-]. The van der Waals surface area contributed by atoms with Crippen LogP contribution in [-0.4, -0.2) is 21.6 Å². The summed E-state index contributed by atoms with van der Waals surface area (Å²) in [4.78, 5) is 26.1. The molecule has 0 fully saturated rings. The van der Waals surface area contributed by atoms with Crippen molar-refractivity contribution in [3.63, 3.8) is 0 Å². The van der Waals surface area contributed by atoms with Crippen molar-refractivity contribution in [2.24, 2.45) is 5.73 Å². The highest BCUT2D eigenvalue weighted by Gasteiger charge is 2.15. The molecule has 7 nitrogen and oxygen atoms in total. The molecule has 0 atom stereocenters. The summed E-state index contributed by atoms with van der Waals surface area (Å²) >= 11 is 1.25. The number of amides is 1. The molecule has 0 spiro atoms. The Bertz CT molecular complexity index is 678. The molecule has 2 rings (SSSR count). The number of carbonyl (C=O) groups is 1. The van der Waals surface area contributed by atoms with Crippen LogP contribution in [0.15, 0.2) is 47.5 Å². The predicted molar refractivity (Wildman–Crippen MR) is 80.5 cm³/mol. The molecule has 2 aromatic rings. The number of pyridine rings is 1. The Labute approximate surface area is 124 Å². The number of nitrogens with zero attached hydrogens (tertiary/aromatic N) is 2. The third kappa shape index (κ3) is 3.93. The number of benzene rings is 1. The van der Waals surface area contributed by atoms with Gasteiger partial charge in [-0.1, -0.05) is 12.1 Å². The first kappa shape index (κ1) is 14.8. The first-order chi connectivity index (χ1) is 10.1. The van der Waals surface area contributed by atoms with Gasteiger partial charge in [-0.15, -0.1) is 11.8 Å². The second kappa shape index (κ2) is 6.71. The molecule has 1 amide bonds. The number of thioether (sulfide) groups is 1. The van der Waals surface area contributed by atoms with Crippen molar-refractivity contribution in [3.8, 4) is 0 Å². The number of nitrogens with one attached hydrogen (secondary N) is 1. The molecule has 0 aliphatic carbocycles. The summed E-state index contributed by atoms with van der Waals surface area (Å²) in [6, 6.07) is 10.0. The third-order valence-electron chi connectivity index (χ3n) is 2.49. The Balaban J connectivity index is 2.28. The van der Waals surface area contributed by atoms with Crippen LogP contribution in [0.2, 0.25) is 0 Å². The molecule has 0 aliphatic heterocycles. The van der Waals surface area contributed by atoms with Crippen LogP contribution >= 0.6 is 11.8 Å². The molecule has 1 aromatic heterocycles. The van der Waals surface area contributed by atoms with E-state index in [-0.39, 0.29) is 17.3 Å². The topological polar surface area (TPSA) is 111 Å². The van der Waals surface area contributed by atoms with Crippen LogP contribution in [0.4, 0.5) is 17.2 Å². The highest BCUT2D eigenvalue weighted by atomic mass is 32.2. The number of para-hydroxylation sites is 1. The molecule has 0 bridgehead atoms. The van der Waals surface area contributed by atoms with Gasteiger partial charge in [0.2, 0.25) is 11.7 Å². The first-order valence-electron chi connectivity index (χ1n) is 5.94. The maximum atomic E-state index is 11.0. The van der Waals surface area contributed by atoms with E-state index >= 15 is 0 Å². The van der Waals surface area contributed by atoms with E-state index in [1.54, 1.807) is 24.3 Å². The summed E-state index contributed by atoms with van der Waals surface area (Å²) < 4.78 is 0. The maximum Gasteiger partial charge on any atom is 0.311 e. The van der Waals surface area contributed by atoms with Crippen molar-refractivity contribution in [3.05, 3.63) is 52.7 Å². The highest BCUT2D eigenvalue weighted by Crippen LogP contribution is 2.31. The number of aromatic nitrogens is 1. The van der Waals surface area contributed by atoms with Crippen molar-refractivity contribution >= 4 is 34.9 Å². The van der Waals surface area contributed by atoms with E-state index in [1.165, 1.54) is 30.1 Å². The monoisotopic (exact) mass is 304 g/mol. The molecule has 108 valence electrons. The fourth-order valence-electron chi connectivity index (χ4n) is 1.61. The average Bonchev–Trinajstić information content (AvgIpc) is 2.46. The molecule has 0 saturated heterocycles. The Hall–Kier alpha value is -2.61. The lowest BCUT2D eigenvalue weighted by molar-refractivity contribution is -0.384. The van der Waals surface area contributed by atoms with Gasteiger partial charge in [0.05, 0.1) is 16.4 Å². The van der Waals surface area contributed by atoms with Crippen LogP contribution in [0.3, 0.4) is 0 Å². The summed E-state index contributed by atoms with van der Waals surface area (Å²) in [5.41, 5.74) is 5.64. The van der Waals surface area contributed by atoms with Crippen molar-refractivity contribution < 1.29 is 9.72 Å². The van der Waals surface area contributed by atoms with Crippen molar-refractivity contribution in [2.75, 3.05) is 11.1 Å². The summed E-state index contributed by atoms with van der Waals surface area (Å²) in [5.74, 6) is -0.156. The van der Waals surface area contributed by atoms with Crippen LogP contribution in [0.25, 0.3) is 0 Å². The van der Waals surface area contributed by atoms with Crippen LogP contribution in [0.1, 0.15) is 0 Å². The van der Waals surface area contributed by atoms with Gasteiger partial charge in [-0.25, -0.2) is 4.98 Å². The lowest BCUT2D eigenvalue weighted by Gasteiger charge is -2.10. The number of primary amides is 1. The first-order valence-corrected chi connectivity index (χ1v) is 6.93. The van der Waals surface area contributed by atoms with Gasteiger partial charge in [-0.2, -0.15) is 0 Å². The third-order valence-corrected chi connectivity index (χ3v) is 3.59. The van der Waals surface area contributed by atoms with Gasteiger partial charge in [0.15, 0.2) is 0 Å². The van der Waals surface area contributed by atoms with E-state index in [2.05, 4.69) is 10.3 Å². The van der Waals surface area contributed by atoms with E-state index < -0.39 is 10.8 Å². The van der Waals surface area contributed by atoms with Gasteiger partial charge >= 0.3 is 5.69 Å². The Morgan fingerprint density at radius 1 is 1.33 bits per heavy atom. The second-order valence-electron chi connectivity index (χ2n) is 4.00. The molecule has 0 unspecified atom stereocenters. The lowest BCUT2D eigenvalue weighted by Crippen LogP contribution is -2.13. The molecule has 21 heavy (non-hydrogen) atoms. The molecule has 1 heterocycles. The van der Waals surface area contributed by atoms with Gasteiger partial charge in [-0.3, -0.25) is 14.9 Å². The standard InChI is InChI=1S/C13H12N4O3S/c14-12(18)8-21-11-6-2-1-4-9(11)16-13-10(17(19)20)5-3-7-15-13/h1-7H,8H2,(H2,14,18)(H,15,16). The van der Waals surface area contributed by atoms with Gasteiger partial charge in [0.1, 0.15) is 0 Å². The van der Waals surface area contributed by atoms with Gasteiger partial charge in [-0.05, 0) is 18.2 Å². The zero-order valence-corrected chi connectivity index (χ0v) is 11.7. The molecule has 1 aromatic carbocycles. The number of hydrogen-bond acceptors (Lipinski definition) is 6. The zero-order valence-electron chi connectivity index (χ0n) is 10.9. The Morgan fingerprint density at radius 2 is 2.10 bits per heavy atom. The maximum absolute atomic E-state index is 11.0. The van der Waals surface area contributed by atoms with Gasteiger partial charge < -0.3 is 11.1 Å². The van der Waals surface area contributed by atoms with E-state index in [0.29, 0.717) is 5.69 Å². The summed E-state index contributed by atoms with van der Waals surface area (Å²) in [5, 5.41) is 13.9. The van der Waals surface area contributed by atoms with Crippen LogP contribution in [0, 0.1) is 10.1 Å². The second-order valence-corrected chi connectivity index (χ2v) is 5.02. The van der Waals surface area contributed by atoms with E-state index in [4.69, 9.17) is 5.73 Å². The number of carbonyl (C=O) groups excluding carboxylic acids is 1. The van der Waals surface area contributed by atoms with Crippen molar-refractivity contribution in [1.29, 1.82) is 0 Å². The normalized spacial score (nSPS) is 10.1. The molecular weight excluding hydrogens is 292 g/mol. The summed E-state index contributed by atoms with van der Waals surface area (Å²) in [6.45, 7) is 0. The van der Waals surface area contributed by atoms with Crippen LogP contribution < -0.4 is 11.1 Å². The predicted octanol–water partition coefficient (Wildman–Crippen LogP) is 2.31. The Morgan fingerprint density at radius 3 is 2.81 bits per heavy atom. The van der Waals surface area contributed by atoms with Crippen LogP contribution in [-0.2, 0) is 4.79 Å².